The van der Waals surface area contributed by atoms with Crippen LogP contribution in [0.5, 0.6) is 0 Å². The Morgan fingerprint density at radius 3 is 1.48 bits per heavy atom. The lowest BCUT2D eigenvalue weighted by molar-refractivity contribution is -0.0000147. The molecule has 3 aromatic rings. The first kappa shape index (κ1) is 22.6. The van der Waals surface area contributed by atoms with Crippen LogP contribution in [-0.4, -0.2) is 20.5 Å². The molecule has 0 radical (unpaired) electrons. The highest BCUT2D eigenvalue weighted by Gasteiger charge is 2.45. The highest BCUT2D eigenvalue weighted by atomic mass is 35.5. The van der Waals surface area contributed by atoms with Crippen LogP contribution in [0.2, 0.25) is 0 Å². The van der Waals surface area contributed by atoms with Crippen LogP contribution >= 0.6 is 7.82 Å². The van der Waals surface area contributed by atoms with Crippen molar-refractivity contribution in [3.63, 3.8) is 0 Å². The Balaban J connectivity index is 0.000000450. The molecule has 1 aliphatic heterocycles. The largest absolute Gasteiger partial charge is 1.00 e. The molecule has 8 nitrogen and oxygen atoms in total. The van der Waals surface area contributed by atoms with Gasteiger partial charge >= 0.3 is 7.82 Å². The Labute approximate surface area is 173 Å². The van der Waals surface area contributed by atoms with Crippen LogP contribution in [0, 0.1) is 0 Å². The number of quaternary nitrogens is 1. The Hall–Kier alpha value is -2.71. The van der Waals surface area contributed by atoms with Gasteiger partial charge in [0.15, 0.2) is 11.4 Å². The number of nitrogens with zero attached hydrogens (tertiary/aromatic N) is 4. The topological polar surface area (TPSA) is 115 Å². The molecule has 3 aromatic carbocycles. The maximum atomic E-state index is 8.88. The molecule has 29 heavy (non-hydrogen) atoms. The first-order valence-electron chi connectivity index (χ1n) is 8.26. The number of amidine groups is 1. The van der Waals surface area contributed by atoms with Gasteiger partial charge in [-0.05, 0) is 12.1 Å². The summed E-state index contributed by atoms with van der Waals surface area (Å²) in [4.78, 5) is 21.6. The van der Waals surface area contributed by atoms with Crippen LogP contribution in [0.3, 0.4) is 0 Å². The molecule has 1 heterocycles. The van der Waals surface area contributed by atoms with E-state index in [0.29, 0.717) is 0 Å². The predicted molar refractivity (Wildman–Crippen MR) is 106 cm³/mol. The average molecular weight is 433 g/mol. The molecular formula is C19H18ClN4O4P. The van der Waals surface area contributed by atoms with Crippen LogP contribution in [-0.2, 0) is 4.57 Å². The molecule has 150 valence electrons. The molecule has 0 spiro atoms. The number of hydrogen-bond acceptors (Lipinski definition) is 4. The summed E-state index contributed by atoms with van der Waals surface area (Å²) in [5, 5.41) is 12.9. The maximum Gasteiger partial charge on any atom is 0.466 e. The molecule has 0 unspecified atom stereocenters. The average Bonchev–Trinajstić information content (AvgIpc) is 3.15. The van der Waals surface area contributed by atoms with E-state index in [9.17, 15) is 0 Å². The van der Waals surface area contributed by atoms with E-state index in [1.165, 1.54) is 0 Å². The first-order valence-corrected chi connectivity index (χ1v) is 9.82. The lowest BCUT2D eigenvalue weighted by Gasteiger charge is -2.26. The second-order valence-corrected chi connectivity index (χ2v) is 6.81. The van der Waals surface area contributed by atoms with Crippen molar-refractivity contribution in [2.75, 3.05) is 0 Å². The van der Waals surface area contributed by atoms with Crippen LogP contribution in [0.25, 0.3) is 0 Å². The summed E-state index contributed by atoms with van der Waals surface area (Å²) in [6.45, 7) is 0. The smallest absolute Gasteiger partial charge is 0.466 e. The molecule has 0 aliphatic carbocycles. The lowest BCUT2D eigenvalue weighted by Crippen LogP contribution is -3.00. The number of halogens is 1. The third-order valence-corrected chi connectivity index (χ3v) is 3.91. The van der Waals surface area contributed by atoms with Gasteiger partial charge in [-0.2, -0.15) is 0 Å². The van der Waals surface area contributed by atoms with Gasteiger partial charge in [-0.25, -0.2) is 4.57 Å². The number of para-hydroxylation sites is 2. The fourth-order valence-electron chi connectivity index (χ4n) is 2.85. The molecule has 0 saturated carbocycles. The lowest BCUT2D eigenvalue weighted by atomic mass is 10.1. The summed E-state index contributed by atoms with van der Waals surface area (Å²) in [6, 6.07) is 30.3. The zero-order valence-corrected chi connectivity index (χ0v) is 16.7. The molecule has 0 aromatic heterocycles. The van der Waals surface area contributed by atoms with Crippen LogP contribution in [0.15, 0.2) is 107 Å². The highest BCUT2D eigenvalue weighted by molar-refractivity contribution is 7.45. The minimum atomic E-state index is -4.64. The van der Waals surface area contributed by atoms with Gasteiger partial charge in [-0.3, -0.25) is 0 Å². The standard InChI is InChI=1S/C19H15N4.ClH.H3O4P/c1-4-10-16(11-5-1)19-20-21-22-23(19,17-12-6-2-7-13-17)18-14-8-3-9-15-18;;1-5(2,3)4/h1-15H;1H;(H3,1,2,3,4)/q+1;;/p-1. The summed E-state index contributed by atoms with van der Waals surface area (Å²) >= 11 is 0. The molecule has 4 rings (SSSR count). The van der Waals surface area contributed by atoms with Gasteiger partial charge in [0.05, 0.1) is 10.8 Å². The summed E-state index contributed by atoms with van der Waals surface area (Å²) in [6.07, 6.45) is 0. The molecule has 0 saturated heterocycles. The van der Waals surface area contributed by atoms with Gasteiger partial charge in [-0.1, -0.05) is 64.3 Å². The van der Waals surface area contributed by atoms with E-state index in [0.717, 1.165) is 22.8 Å². The molecule has 10 heteroatoms. The third kappa shape index (κ3) is 5.42. The van der Waals surface area contributed by atoms with E-state index in [2.05, 4.69) is 39.8 Å². The minimum Gasteiger partial charge on any atom is -1.00 e. The van der Waals surface area contributed by atoms with E-state index in [1.54, 1.807) is 0 Å². The van der Waals surface area contributed by atoms with Crippen molar-refractivity contribution in [1.82, 2.24) is 4.59 Å². The van der Waals surface area contributed by atoms with Crippen LogP contribution in [0.1, 0.15) is 5.56 Å². The summed E-state index contributed by atoms with van der Waals surface area (Å²) in [7, 11) is -4.64. The number of benzene rings is 3. The summed E-state index contributed by atoms with van der Waals surface area (Å²) in [5.41, 5.74) is 3.01. The summed E-state index contributed by atoms with van der Waals surface area (Å²) < 4.78 is 9.03. The van der Waals surface area contributed by atoms with Gasteiger partial charge < -0.3 is 27.1 Å². The highest BCUT2D eigenvalue weighted by Crippen LogP contribution is 2.40. The van der Waals surface area contributed by atoms with Gasteiger partial charge in [0.2, 0.25) is 0 Å². The van der Waals surface area contributed by atoms with Crippen molar-refractivity contribution >= 4 is 25.0 Å². The number of rotatable bonds is 3. The van der Waals surface area contributed by atoms with Crippen molar-refractivity contribution in [3.05, 3.63) is 96.6 Å². The van der Waals surface area contributed by atoms with Crippen molar-refractivity contribution in [2.24, 2.45) is 15.5 Å². The van der Waals surface area contributed by atoms with E-state index in [-0.39, 0.29) is 17.0 Å². The quantitative estimate of drug-likeness (QED) is 0.425. The fraction of sp³-hybridized carbons (Fsp3) is 0. The fourth-order valence-corrected chi connectivity index (χ4v) is 2.85. The zero-order valence-electron chi connectivity index (χ0n) is 15.0. The Morgan fingerprint density at radius 1 is 0.690 bits per heavy atom. The van der Waals surface area contributed by atoms with E-state index in [1.807, 2.05) is 66.7 Å². The third-order valence-electron chi connectivity index (χ3n) is 3.91. The Kier molecular flexibility index (Phi) is 7.53. The van der Waals surface area contributed by atoms with Crippen molar-refractivity contribution in [2.45, 2.75) is 0 Å². The Morgan fingerprint density at radius 2 is 1.07 bits per heavy atom. The SMILES string of the molecule is O=P(O)(O)O.[Cl-].c1ccc(C2=NN=N[N+]2(c2ccccc2)c2ccccc2)cc1. The van der Waals surface area contributed by atoms with E-state index in [4.69, 9.17) is 19.2 Å². The number of hydrogen-bond donors (Lipinski definition) is 3. The van der Waals surface area contributed by atoms with Crippen molar-refractivity contribution in [3.8, 4) is 0 Å². The maximum absolute atomic E-state index is 8.88. The molecule has 0 bridgehead atoms. The Bertz CT molecular complexity index is 980. The monoisotopic (exact) mass is 432 g/mol. The van der Waals surface area contributed by atoms with Crippen LogP contribution in [0.4, 0.5) is 11.4 Å². The van der Waals surface area contributed by atoms with Crippen molar-refractivity contribution in [1.29, 1.82) is 0 Å². The van der Waals surface area contributed by atoms with E-state index < -0.39 is 7.82 Å². The van der Waals surface area contributed by atoms with E-state index >= 15 is 0 Å². The molecule has 0 fully saturated rings. The molecule has 3 N–H and O–H groups in total. The first-order chi connectivity index (χ1) is 13.4. The van der Waals surface area contributed by atoms with Gasteiger partial charge in [0.25, 0.3) is 5.84 Å². The van der Waals surface area contributed by atoms with Gasteiger partial charge in [-0.15, -0.1) is 0 Å². The predicted octanol–water partition coefficient (Wildman–Crippen LogP) is 1.14. The van der Waals surface area contributed by atoms with Crippen LogP contribution < -0.4 is 17.0 Å². The summed E-state index contributed by atoms with van der Waals surface area (Å²) in [5.74, 6) is 0.794. The zero-order chi connectivity index (χ0) is 20.0. The normalized spacial score (nSPS) is 14.2. The molecule has 1 aliphatic rings. The second kappa shape index (κ2) is 9.67. The minimum absolute atomic E-state index is 0. The number of phosphoric acid groups is 1. The van der Waals surface area contributed by atoms with Crippen molar-refractivity contribution < 1.29 is 31.7 Å². The molecular weight excluding hydrogens is 415 g/mol. The van der Waals surface area contributed by atoms with Gasteiger partial charge in [0.1, 0.15) is 0 Å². The van der Waals surface area contributed by atoms with Gasteiger partial charge in [0, 0.05) is 29.5 Å². The molecule has 0 amide bonds. The molecule has 0 atom stereocenters. The second-order valence-electron chi connectivity index (χ2n) is 5.79.